The van der Waals surface area contributed by atoms with Crippen LogP contribution in [0.5, 0.6) is 5.88 Å². The Morgan fingerprint density at radius 3 is 2.47 bits per heavy atom. The van der Waals surface area contributed by atoms with Crippen LogP contribution < -0.4 is 10.6 Å². The summed E-state index contributed by atoms with van der Waals surface area (Å²) < 4.78 is 0. The van der Waals surface area contributed by atoms with Crippen molar-refractivity contribution in [1.82, 2.24) is 25.6 Å². The number of nitrogens with zero attached hydrogens (tertiary/aromatic N) is 3. The molecule has 4 N–H and O–H groups in total. The van der Waals surface area contributed by atoms with Crippen LogP contribution in [0.4, 0.5) is 0 Å². The van der Waals surface area contributed by atoms with Crippen molar-refractivity contribution in [3.8, 4) is 17.0 Å². The Morgan fingerprint density at radius 1 is 1.03 bits per heavy atom. The fourth-order valence-corrected chi connectivity index (χ4v) is 4.29. The molecular weight excluding hydrogens is 486 g/mol. The van der Waals surface area contributed by atoms with Gasteiger partial charge in [0, 0.05) is 30.5 Å². The van der Waals surface area contributed by atoms with Crippen LogP contribution in [0.15, 0.2) is 67.1 Å². The molecule has 0 spiro atoms. The van der Waals surface area contributed by atoms with Gasteiger partial charge in [0.05, 0.1) is 11.5 Å². The van der Waals surface area contributed by atoms with E-state index in [1.807, 2.05) is 48.7 Å². The molecule has 38 heavy (non-hydrogen) atoms. The molecule has 2 heterocycles. The van der Waals surface area contributed by atoms with Gasteiger partial charge < -0.3 is 20.8 Å². The average molecular weight is 512 g/mol. The Balaban J connectivity index is 1.29. The van der Waals surface area contributed by atoms with Crippen LogP contribution in [-0.2, 0) is 10.3 Å². The third kappa shape index (κ3) is 4.88. The summed E-state index contributed by atoms with van der Waals surface area (Å²) in [5.41, 5.74) is 2.36. The van der Waals surface area contributed by atoms with E-state index in [1.54, 1.807) is 6.20 Å². The third-order valence-electron chi connectivity index (χ3n) is 6.74. The number of carboxylic acids is 1. The molecule has 1 atom stereocenters. The molecular formula is C28H25N5O5. The molecule has 192 valence electrons. The lowest BCUT2D eigenvalue weighted by Crippen LogP contribution is -2.35. The maximum absolute atomic E-state index is 13.0. The Kier molecular flexibility index (Phi) is 6.46. The number of aliphatic carboxylic acids is 1. The summed E-state index contributed by atoms with van der Waals surface area (Å²) >= 11 is 0. The molecule has 10 heteroatoms. The number of aromatic hydroxyl groups is 1. The van der Waals surface area contributed by atoms with Crippen molar-refractivity contribution >= 4 is 28.6 Å². The monoisotopic (exact) mass is 511 g/mol. The van der Waals surface area contributed by atoms with Crippen LogP contribution in [0, 0.1) is 5.92 Å². The van der Waals surface area contributed by atoms with Gasteiger partial charge in [0.15, 0.2) is 0 Å². The minimum Gasteiger partial charge on any atom is -0.493 e. The first-order chi connectivity index (χ1) is 18.3. The Labute approximate surface area is 217 Å². The van der Waals surface area contributed by atoms with Crippen LogP contribution in [0.3, 0.4) is 0 Å². The standard InChI is InChI=1S/C28H25N5O5/c1-16(27(37)38)13-31-26(36)23-30-15-22(24(34)32-23)25(35)33-28(10-11-28)19-7-5-17(6-8-19)20-4-2-3-18-14-29-12-9-21(18)20/h2-9,12,14-16H,10-11,13H2,1H3,(H,31,36)(H,33,35)(H,37,38)(H,30,32,34). The zero-order chi connectivity index (χ0) is 26.9. The second kappa shape index (κ2) is 9.89. The average Bonchev–Trinajstić information content (AvgIpc) is 3.71. The largest absolute Gasteiger partial charge is 0.493 e. The predicted molar refractivity (Wildman–Crippen MR) is 138 cm³/mol. The summed E-state index contributed by atoms with van der Waals surface area (Å²) in [5, 5.41) is 26.8. The number of carbonyl (C=O) groups is 3. The quantitative estimate of drug-likeness (QED) is 0.281. The Morgan fingerprint density at radius 2 is 1.79 bits per heavy atom. The molecule has 1 aliphatic rings. The SMILES string of the molecule is CC(CNC(=O)c1ncc(C(=O)NC2(c3ccc(-c4cccc5cnccc45)cc3)CC2)c(O)n1)C(=O)O. The second-order valence-corrected chi connectivity index (χ2v) is 9.40. The van der Waals surface area contributed by atoms with Gasteiger partial charge in [0.2, 0.25) is 11.7 Å². The summed E-state index contributed by atoms with van der Waals surface area (Å²) in [6.45, 7) is 1.32. The van der Waals surface area contributed by atoms with Crippen LogP contribution in [0.2, 0.25) is 0 Å². The first-order valence-electron chi connectivity index (χ1n) is 12.1. The number of fused-ring (bicyclic) bond motifs is 1. The van der Waals surface area contributed by atoms with E-state index in [-0.39, 0.29) is 17.9 Å². The number of nitrogens with one attached hydrogen (secondary N) is 2. The maximum atomic E-state index is 13.0. The van der Waals surface area contributed by atoms with Gasteiger partial charge in [0.1, 0.15) is 5.56 Å². The van der Waals surface area contributed by atoms with Crippen LogP contribution in [0.1, 0.15) is 46.3 Å². The molecule has 1 fully saturated rings. The summed E-state index contributed by atoms with van der Waals surface area (Å²) in [6, 6.07) is 16.1. The van der Waals surface area contributed by atoms with Gasteiger partial charge in [0.25, 0.3) is 11.8 Å². The highest BCUT2D eigenvalue weighted by atomic mass is 16.4. The molecule has 0 saturated heterocycles. The molecule has 2 aromatic heterocycles. The molecule has 1 saturated carbocycles. The molecule has 5 rings (SSSR count). The normalized spacial score (nSPS) is 14.4. The van der Waals surface area contributed by atoms with Crippen molar-refractivity contribution in [2.75, 3.05) is 6.54 Å². The molecule has 1 unspecified atom stereocenters. The summed E-state index contributed by atoms with van der Waals surface area (Å²) in [7, 11) is 0. The molecule has 2 amide bonds. The van der Waals surface area contributed by atoms with E-state index in [0.29, 0.717) is 0 Å². The van der Waals surface area contributed by atoms with Gasteiger partial charge in [-0.3, -0.25) is 19.4 Å². The van der Waals surface area contributed by atoms with Crippen molar-refractivity contribution in [2.45, 2.75) is 25.3 Å². The number of carboxylic acid groups (broad SMARTS) is 1. The molecule has 0 bridgehead atoms. The van der Waals surface area contributed by atoms with E-state index >= 15 is 0 Å². The van der Waals surface area contributed by atoms with E-state index in [2.05, 4.69) is 31.7 Å². The summed E-state index contributed by atoms with van der Waals surface area (Å²) in [6.07, 6.45) is 6.17. The summed E-state index contributed by atoms with van der Waals surface area (Å²) in [5.74, 6) is -4.16. The number of rotatable bonds is 8. The molecule has 0 radical (unpaired) electrons. The molecule has 1 aliphatic carbocycles. The van der Waals surface area contributed by atoms with Gasteiger partial charge >= 0.3 is 5.97 Å². The number of aromatic nitrogens is 3. The number of hydrogen-bond donors (Lipinski definition) is 4. The van der Waals surface area contributed by atoms with Crippen molar-refractivity contribution in [2.24, 2.45) is 5.92 Å². The lowest BCUT2D eigenvalue weighted by atomic mass is 9.96. The fraction of sp³-hybridized carbons (Fsp3) is 0.214. The Hall–Kier alpha value is -4.86. The first kappa shape index (κ1) is 24.8. The maximum Gasteiger partial charge on any atom is 0.308 e. The zero-order valence-electron chi connectivity index (χ0n) is 20.5. The van der Waals surface area contributed by atoms with Gasteiger partial charge in [-0.2, -0.15) is 4.98 Å². The van der Waals surface area contributed by atoms with Gasteiger partial charge in [-0.25, -0.2) is 4.98 Å². The molecule has 4 aromatic rings. The number of carbonyl (C=O) groups excluding carboxylic acids is 2. The number of hydrogen-bond acceptors (Lipinski definition) is 7. The van der Waals surface area contributed by atoms with Crippen molar-refractivity contribution in [1.29, 1.82) is 0 Å². The van der Waals surface area contributed by atoms with E-state index in [4.69, 9.17) is 5.11 Å². The lowest BCUT2D eigenvalue weighted by Gasteiger charge is -2.19. The third-order valence-corrected chi connectivity index (χ3v) is 6.74. The second-order valence-electron chi connectivity index (χ2n) is 9.40. The fourth-order valence-electron chi connectivity index (χ4n) is 4.29. The minimum absolute atomic E-state index is 0.125. The molecule has 0 aliphatic heterocycles. The van der Waals surface area contributed by atoms with E-state index in [1.165, 1.54) is 6.92 Å². The predicted octanol–water partition coefficient (Wildman–Crippen LogP) is 3.27. The minimum atomic E-state index is -1.06. The van der Waals surface area contributed by atoms with Crippen molar-refractivity contribution in [3.05, 3.63) is 84.1 Å². The van der Waals surface area contributed by atoms with E-state index in [0.717, 1.165) is 46.5 Å². The van der Waals surface area contributed by atoms with Gasteiger partial charge in [-0.15, -0.1) is 0 Å². The van der Waals surface area contributed by atoms with Gasteiger partial charge in [-0.05, 0) is 41.0 Å². The smallest absolute Gasteiger partial charge is 0.308 e. The van der Waals surface area contributed by atoms with Crippen molar-refractivity contribution in [3.63, 3.8) is 0 Å². The first-order valence-corrected chi connectivity index (χ1v) is 12.1. The van der Waals surface area contributed by atoms with Crippen LogP contribution in [0.25, 0.3) is 21.9 Å². The van der Waals surface area contributed by atoms with Gasteiger partial charge in [-0.1, -0.05) is 49.4 Å². The van der Waals surface area contributed by atoms with E-state index < -0.39 is 35.1 Å². The molecule has 10 nitrogen and oxygen atoms in total. The zero-order valence-corrected chi connectivity index (χ0v) is 20.5. The highest BCUT2D eigenvalue weighted by molar-refractivity contribution is 5.98. The van der Waals surface area contributed by atoms with Crippen molar-refractivity contribution < 1.29 is 24.6 Å². The summed E-state index contributed by atoms with van der Waals surface area (Å²) in [4.78, 5) is 47.9. The lowest BCUT2D eigenvalue weighted by molar-refractivity contribution is -0.140. The number of benzene rings is 2. The van der Waals surface area contributed by atoms with E-state index in [9.17, 15) is 19.5 Å². The van der Waals surface area contributed by atoms with Crippen LogP contribution >= 0.6 is 0 Å². The highest BCUT2D eigenvalue weighted by Crippen LogP contribution is 2.46. The topological polar surface area (TPSA) is 154 Å². The molecule has 2 aromatic carbocycles. The number of amides is 2. The number of pyridine rings is 1. The Bertz CT molecular complexity index is 1540. The highest BCUT2D eigenvalue weighted by Gasteiger charge is 2.46. The van der Waals surface area contributed by atoms with Crippen LogP contribution in [-0.4, -0.2) is 49.5 Å².